The number of fused-ring (bicyclic) bond motifs is 2. The Morgan fingerprint density at radius 3 is 1.25 bits per heavy atom. The fourth-order valence-corrected chi connectivity index (χ4v) is 7.96. The zero-order valence-corrected chi connectivity index (χ0v) is 26.7. The van der Waals surface area contributed by atoms with Crippen LogP contribution in [0.2, 0.25) is 2.82 Å². The Morgan fingerprint density at radius 2 is 0.938 bits per heavy atom. The molecule has 48 heavy (non-hydrogen) atoms. The molecule has 0 heterocycles. The summed E-state index contributed by atoms with van der Waals surface area (Å²) in [4.78, 5) is -1.42. The molecular weight excluding hydrogens is 657 g/mol. The molecule has 0 aliphatic heterocycles. The van der Waals surface area contributed by atoms with E-state index in [9.17, 15) is 36.2 Å². The van der Waals surface area contributed by atoms with E-state index in [1.807, 2.05) is 0 Å². The van der Waals surface area contributed by atoms with Gasteiger partial charge in [0.25, 0.3) is 20.2 Å². The van der Waals surface area contributed by atoms with Crippen molar-refractivity contribution in [3.05, 3.63) is 96.1 Å². The number of hydrogen-bond acceptors (Lipinski definition) is 10. The second-order valence-corrected chi connectivity index (χ2v) is 13.8. The minimum atomic E-state index is -5.00. The van der Waals surface area contributed by atoms with Gasteiger partial charge >= 0.3 is 0 Å². The maximum atomic E-state index is 12.7. The molecule has 14 heteroatoms. The highest BCUT2D eigenvalue weighted by Crippen LogP contribution is 2.50. The first-order chi connectivity index (χ1) is 23.7. The molecule has 6 rings (SSSR count). The third-order valence-electron chi connectivity index (χ3n) is 8.28. The standard InChI is InChI=1S/C34H26N4O8S2/c1-17-15-19(11-13-21(17)27-23-7-3-5-9-25(23)31(39)29(37-35)33(27)47(41,42)43)20-12-14-22(18(2)16-20)28-24-8-4-6-10-26(24)32(40)30(38-36)34(28)48(44,45)46/h3-16,35-36,39-40H,1-2H3,(H,41,42,43)(H,44,45,46)/b37-35+,38-36+. The van der Waals surface area contributed by atoms with Crippen molar-refractivity contribution >= 4 is 53.2 Å². The van der Waals surface area contributed by atoms with Crippen LogP contribution in [0.1, 0.15) is 11.1 Å². The lowest BCUT2D eigenvalue weighted by atomic mass is 9.89. The number of benzene rings is 6. The van der Waals surface area contributed by atoms with Gasteiger partial charge in [-0.25, -0.2) is 11.0 Å². The van der Waals surface area contributed by atoms with Crippen molar-refractivity contribution in [2.45, 2.75) is 23.6 Å². The summed E-state index contributed by atoms with van der Waals surface area (Å²) >= 11 is 0. The summed E-state index contributed by atoms with van der Waals surface area (Å²) in [5.74, 6) is -1.13. The average Bonchev–Trinajstić information content (AvgIpc) is 3.06. The minimum absolute atomic E-state index is 0.0523. The van der Waals surface area contributed by atoms with Gasteiger partial charge in [-0.3, -0.25) is 9.11 Å². The first kappa shape index (κ1) is 29.8. The Bertz CT molecular complexity index is 2500. The predicted octanol–water partition coefficient (Wildman–Crippen LogP) is 8.84. The molecule has 0 saturated heterocycles. The smallest absolute Gasteiger partial charge is 0.297 e. The zero-order chi connectivity index (χ0) is 36.1. The van der Waals surface area contributed by atoms with Gasteiger partial charge in [-0.15, -0.1) is 0 Å². The van der Waals surface area contributed by atoms with Crippen molar-refractivity contribution < 1.29 is 39.0 Å². The number of nitrogens with zero attached hydrogens (tertiary/aromatic N) is 2. The minimum Gasteiger partial charge on any atom is -0.505 e. The largest absolute Gasteiger partial charge is 0.505 e. The number of rotatable bonds is 7. The van der Waals surface area contributed by atoms with E-state index in [1.54, 1.807) is 98.8 Å². The van der Waals surface area contributed by atoms with Crippen molar-refractivity contribution in [3.63, 3.8) is 0 Å². The summed E-state index contributed by atoms with van der Waals surface area (Å²) in [6, 6.07) is 23.1. The molecule has 6 aromatic rings. The predicted molar refractivity (Wildman–Crippen MR) is 180 cm³/mol. The molecule has 12 nitrogen and oxygen atoms in total. The summed E-state index contributed by atoms with van der Waals surface area (Å²) in [5, 5.41) is 29.9. The Kier molecular flexibility index (Phi) is 7.22. The van der Waals surface area contributed by atoms with Gasteiger partial charge in [-0.05, 0) is 58.0 Å². The average molecular weight is 683 g/mol. The van der Waals surface area contributed by atoms with Crippen LogP contribution in [0.3, 0.4) is 0 Å². The highest BCUT2D eigenvalue weighted by atomic mass is 32.2. The molecule has 0 aliphatic carbocycles. The molecule has 0 amide bonds. The highest BCUT2D eigenvalue weighted by molar-refractivity contribution is 7.86. The van der Waals surface area contributed by atoms with Crippen LogP contribution in [0.5, 0.6) is 11.5 Å². The van der Waals surface area contributed by atoms with Gasteiger partial charge in [-0.1, -0.05) is 84.9 Å². The van der Waals surface area contributed by atoms with Crippen LogP contribution in [0.15, 0.2) is 105 Å². The molecule has 6 aromatic carbocycles. The molecule has 0 spiro atoms. The summed E-state index contributed by atoms with van der Waals surface area (Å²) in [6.45, 7) is 3.45. The Morgan fingerprint density at radius 1 is 0.583 bits per heavy atom. The van der Waals surface area contributed by atoms with Gasteiger partial charge < -0.3 is 10.2 Å². The van der Waals surface area contributed by atoms with E-state index in [0.29, 0.717) is 44.2 Å². The number of nitrogens with one attached hydrogen (secondary N) is 2. The third-order valence-corrected chi connectivity index (χ3v) is 10.1. The van der Waals surface area contributed by atoms with Gasteiger partial charge in [0.2, 0.25) is 2.82 Å². The first-order valence-corrected chi connectivity index (χ1v) is 17.0. The van der Waals surface area contributed by atoms with E-state index >= 15 is 0 Å². The van der Waals surface area contributed by atoms with Crippen molar-refractivity contribution in [2.24, 2.45) is 10.2 Å². The van der Waals surface area contributed by atoms with Crippen molar-refractivity contribution in [2.75, 3.05) is 0 Å². The van der Waals surface area contributed by atoms with E-state index in [-0.39, 0.29) is 21.9 Å². The van der Waals surface area contributed by atoms with Crippen LogP contribution in [0, 0.1) is 24.9 Å². The lowest BCUT2D eigenvalue weighted by Crippen LogP contribution is -2.04. The molecule has 0 fully saturated rings. The van der Waals surface area contributed by atoms with Crippen LogP contribution < -0.4 is 0 Å². The van der Waals surface area contributed by atoms with E-state index in [1.165, 1.54) is 0 Å². The highest BCUT2D eigenvalue weighted by Gasteiger charge is 2.30. The van der Waals surface area contributed by atoms with Gasteiger partial charge in [0.15, 0.2) is 11.5 Å². The van der Waals surface area contributed by atoms with E-state index in [2.05, 4.69) is 21.3 Å². The zero-order valence-electron chi connectivity index (χ0n) is 27.1. The maximum absolute atomic E-state index is 12.7. The maximum Gasteiger partial charge on any atom is 0.297 e. The quantitative estimate of drug-likeness (QED) is 0.0703. The number of aromatic hydroxyl groups is 2. The van der Waals surface area contributed by atoms with Crippen molar-refractivity contribution in [1.29, 1.82) is 11.0 Å². The molecule has 0 aliphatic rings. The summed E-state index contributed by atoms with van der Waals surface area (Å²) in [5.41, 5.74) is 8.04. The summed E-state index contributed by atoms with van der Waals surface area (Å²) in [7, 11) is -10.00. The number of phenols is 2. The Hall–Kier alpha value is -5.54. The molecule has 0 saturated carbocycles. The lowest BCUT2D eigenvalue weighted by Gasteiger charge is -2.19. The van der Waals surface area contributed by atoms with E-state index < -0.39 is 52.9 Å². The van der Waals surface area contributed by atoms with E-state index in [0.717, 1.165) is 0 Å². The third kappa shape index (κ3) is 5.16. The number of aryl methyl sites for hydroxylation is 2. The first-order valence-electron chi connectivity index (χ1n) is 15.0. The van der Waals surface area contributed by atoms with Crippen molar-refractivity contribution in [1.82, 2.24) is 0 Å². The molecule has 6 N–H and O–H groups in total. The molecule has 242 valence electrons. The SMILES string of the molecule is [H]/N=N/c1c(S(=O)(=O)O)c(-c2ccc(-c3ccc(-c4c(S(=O)(=O)O)c(/N=N/[H])c(O)c5ccccc45)c(C)c3)cc2C)c2ccccc2c1O. The molecule has 0 atom stereocenters. The molecule has 0 unspecified atom stereocenters. The number of hydrogen-bond donors (Lipinski definition) is 6. The Labute approximate surface area is 277 Å². The second kappa shape index (κ2) is 11.6. The van der Waals surface area contributed by atoms with Gasteiger partial charge in [0.05, 0.1) is 0 Å². The van der Waals surface area contributed by atoms with Crippen LogP contribution in [0.4, 0.5) is 11.4 Å². The van der Waals surface area contributed by atoms with Gasteiger partial charge in [0, 0.05) is 21.9 Å². The fourth-order valence-electron chi connectivity index (χ4n) is 6.24. The van der Waals surface area contributed by atoms with Crippen LogP contribution in [-0.4, -0.2) is 36.2 Å². The monoisotopic (exact) mass is 682 g/mol. The van der Waals surface area contributed by atoms with E-state index in [4.69, 9.17) is 2.82 Å². The van der Waals surface area contributed by atoms with Gasteiger partial charge in [-0.2, -0.15) is 27.1 Å². The van der Waals surface area contributed by atoms with Crippen molar-refractivity contribution in [3.8, 4) is 44.9 Å². The van der Waals surface area contributed by atoms with Gasteiger partial charge in [0.1, 0.15) is 21.2 Å². The Balaban J connectivity index is 1.56. The fraction of sp³-hybridized carbons (Fsp3) is 0.0588. The summed E-state index contributed by atoms with van der Waals surface area (Å²) < 4.78 is 86.0. The second-order valence-electron chi connectivity index (χ2n) is 11.1. The molecular formula is C34H26N4O8S2. The normalized spacial score (nSPS) is 13.1. The molecule has 0 radical (unpaired) electrons. The topological polar surface area (TPSA) is 222 Å². The summed E-state index contributed by atoms with van der Waals surface area (Å²) in [6.07, 6.45) is 0. The lowest BCUT2D eigenvalue weighted by molar-refractivity contribution is 0.472. The van der Waals surface area contributed by atoms with Crippen LogP contribution in [0.25, 0.3) is 54.9 Å². The molecule has 0 aromatic heterocycles. The van der Waals surface area contributed by atoms with Crippen LogP contribution in [-0.2, 0) is 20.2 Å². The molecule has 0 bridgehead atoms. The number of phenolic OH excluding ortho intramolecular Hbond substituents is 2. The van der Waals surface area contributed by atoms with Crippen LogP contribution >= 0.6 is 0 Å².